The lowest BCUT2D eigenvalue weighted by atomic mass is 9.69. The third-order valence-corrected chi connectivity index (χ3v) is 9.48. The fraction of sp³-hybridized carbons (Fsp3) is 0.382. The number of ether oxygens (including phenoxy) is 5. The van der Waals surface area contributed by atoms with Crippen molar-refractivity contribution in [3.05, 3.63) is 46.0 Å². The number of aryl methyl sites for hydroxylation is 1. The Balaban J connectivity index is 1.64. The van der Waals surface area contributed by atoms with E-state index in [9.17, 15) is 49.5 Å². The van der Waals surface area contributed by atoms with Gasteiger partial charge in [0.2, 0.25) is 0 Å². The van der Waals surface area contributed by atoms with E-state index in [-0.39, 0.29) is 41.7 Å². The highest BCUT2D eigenvalue weighted by Gasteiger charge is 2.64. The molecule has 2 heterocycles. The number of hydrogen-bond donors (Lipinski definition) is 5. The molecule has 258 valence electrons. The van der Waals surface area contributed by atoms with Crippen molar-refractivity contribution in [2.45, 2.75) is 63.4 Å². The summed E-state index contributed by atoms with van der Waals surface area (Å²) >= 11 is 0. The summed E-state index contributed by atoms with van der Waals surface area (Å²) < 4.78 is 27.5. The number of aliphatic hydroxyl groups excluding tert-OH is 3. The summed E-state index contributed by atoms with van der Waals surface area (Å²) in [6.07, 6.45) is -3.84. The van der Waals surface area contributed by atoms with E-state index in [0.717, 1.165) is 21.1 Å². The molecule has 2 aromatic rings. The number of carbonyl (C=O) groups is 5. The first-order valence-corrected chi connectivity index (χ1v) is 15.2. The number of methoxy groups -OCH3 is 2. The van der Waals surface area contributed by atoms with Crippen LogP contribution in [-0.4, -0.2) is 92.6 Å². The van der Waals surface area contributed by atoms with Crippen LogP contribution in [0.4, 0.5) is 0 Å². The Hall–Kier alpha value is -5.57. The van der Waals surface area contributed by atoms with E-state index in [4.69, 9.17) is 23.7 Å². The number of hydrogen-bond acceptors (Lipinski definition) is 15. The Morgan fingerprint density at radius 2 is 1.49 bits per heavy atom. The standard InChI is InChI=1S/C34H32O15/c1-12-10-17(37)22-27(40)24-16(36)7-9-20(47-14(3)35)33(24,31(43)45-4)49-29(22)21(12)15-6-8-19-23(26(15)39)28(41)25-18(38)11-13(2)30(42)34(25,48-19)32(44)46-5/h6,8,10,13,20,30,37,39-42H,7,9,11H2,1-5H3. The summed E-state index contributed by atoms with van der Waals surface area (Å²) in [5.74, 6) is -9.29. The van der Waals surface area contributed by atoms with Gasteiger partial charge in [-0.05, 0) is 43.0 Å². The molecule has 15 nitrogen and oxygen atoms in total. The van der Waals surface area contributed by atoms with Crippen molar-refractivity contribution in [2.75, 3.05) is 14.2 Å². The van der Waals surface area contributed by atoms with Gasteiger partial charge in [-0.1, -0.05) is 6.92 Å². The lowest BCUT2D eigenvalue weighted by molar-refractivity contribution is -0.179. The summed E-state index contributed by atoms with van der Waals surface area (Å²) in [4.78, 5) is 65.4. The molecule has 0 amide bonds. The maximum Gasteiger partial charge on any atom is 0.359 e. The van der Waals surface area contributed by atoms with Gasteiger partial charge in [-0.2, -0.15) is 0 Å². The Morgan fingerprint density at radius 3 is 2.12 bits per heavy atom. The van der Waals surface area contributed by atoms with Gasteiger partial charge in [0.1, 0.15) is 51.7 Å². The number of fused-ring (bicyclic) bond motifs is 4. The Labute approximate surface area is 277 Å². The SMILES string of the molecule is COC(=O)C12Oc3c(c(O)cc(C)c3-c3ccc4c(c3O)C(O)=C3C(=O)CC(C)C(O)C3(C(=O)OC)O4)C(O)=C1C(=O)CCC2OC(C)=O. The minimum atomic E-state index is -2.54. The van der Waals surface area contributed by atoms with Crippen molar-refractivity contribution in [2.24, 2.45) is 5.92 Å². The fourth-order valence-corrected chi connectivity index (χ4v) is 7.36. The van der Waals surface area contributed by atoms with E-state index < -0.39 is 110 Å². The zero-order valence-electron chi connectivity index (χ0n) is 26.9. The topological polar surface area (TPSA) is 233 Å². The molecule has 2 aromatic carbocycles. The van der Waals surface area contributed by atoms with E-state index in [2.05, 4.69) is 0 Å². The van der Waals surface area contributed by atoms with Crippen molar-refractivity contribution in [3.8, 4) is 34.1 Å². The van der Waals surface area contributed by atoms with Crippen LogP contribution in [0.25, 0.3) is 22.6 Å². The molecule has 15 heteroatoms. The largest absolute Gasteiger partial charge is 0.507 e. The number of ketones is 2. The average molecular weight is 681 g/mol. The minimum absolute atomic E-state index is 0.0761. The summed E-state index contributed by atoms with van der Waals surface area (Å²) in [5.41, 5.74) is -7.18. The second-order valence-corrected chi connectivity index (χ2v) is 12.3. The molecule has 49 heavy (non-hydrogen) atoms. The van der Waals surface area contributed by atoms with Gasteiger partial charge < -0.3 is 49.2 Å². The lowest BCUT2D eigenvalue weighted by Gasteiger charge is -2.45. The molecule has 2 aliphatic heterocycles. The zero-order chi connectivity index (χ0) is 35.9. The zero-order valence-corrected chi connectivity index (χ0v) is 26.9. The number of Topliss-reactive ketones (excluding diaryl/α,β-unsaturated/α-hetero) is 2. The van der Waals surface area contributed by atoms with E-state index in [1.165, 1.54) is 32.0 Å². The summed E-state index contributed by atoms with van der Waals surface area (Å²) in [5, 5.41) is 57.1. The average Bonchev–Trinajstić information content (AvgIpc) is 3.04. The van der Waals surface area contributed by atoms with E-state index in [1.54, 1.807) is 0 Å². The second kappa shape index (κ2) is 11.3. The third-order valence-electron chi connectivity index (χ3n) is 9.48. The molecule has 5 N–H and O–H groups in total. The van der Waals surface area contributed by atoms with Crippen molar-refractivity contribution >= 4 is 41.0 Å². The van der Waals surface area contributed by atoms with Gasteiger partial charge in [-0.25, -0.2) is 9.59 Å². The molecule has 2 fully saturated rings. The quantitative estimate of drug-likeness (QED) is 0.231. The predicted molar refractivity (Wildman–Crippen MR) is 164 cm³/mol. The normalized spacial score (nSPS) is 27.1. The van der Waals surface area contributed by atoms with Crippen LogP contribution in [0.3, 0.4) is 0 Å². The predicted octanol–water partition coefficient (Wildman–Crippen LogP) is 2.48. The molecule has 2 aliphatic carbocycles. The molecule has 6 rings (SSSR count). The first kappa shape index (κ1) is 33.3. The number of phenols is 2. The van der Waals surface area contributed by atoms with Crippen LogP contribution in [0.2, 0.25) is 0 Å². The van der Waals surface area contributed by atoms with E-state index in [0.29, 0.717) is 0 Å². The van der Waals surface area contributed by atoms with E-state index >= 15 is 0 Å². The first-order valence-electron chi connectivity index (χ1n) is 15.2. The van der Waals surface area contributed by atoms with Gasteiger partial charge >= 0.3 is 17.9 Å². The molecule has 5 atom stereocenters. The lowest BCUT2D eigenvalue weighted by Crippen LogP contribution is -2.64. The number of benzene rings is 2. The highest BCUT2D eigenvalue weighted by atomic mass is 16.6. The van der Waals surface area contributed by atoms with Crippen LogP contribution in [-0.2, 0) is 38.2 Å². The van der Waals surface area contributed by atoms with Gasteiger partial charge in [-0.15, -0.1) is 0 Å². The maximum atomic E-state index is 13.6. The van der Waals surface area contributed by atoms with Crippen LogP contribution < -0.4 is 9.47 Å². The molecule has 2 saturated carbocycles. The summed E-state index contributed by atoms with van der Waals surface area (Å²) in [7, 11) is 2.01. The molecule has 0 radical (unpaired) electrons. The molecule has 0 bridgehead atoms. The fourth-order valence-electron chi connectivity index (χ4n) is 7.36. The minimum Gasteiger partial charge on any atom is -0.507 e. The molecule has 0 saturated heterocycles. The van der Waals surface area contributed by atoms with Gasteiger partial charge in [-0.3, -0.25) is 14.4 Å². The molecular formula is C34H32O15. The number of aliphatic hydroxyl groups is 3. The Kier molecular flexibility index (Phi) is 7.66. The van der Waals surface area contributed by atoms with Crippen molar-refractivity contribution < 1.29 is 73.2 Å². The van der Waals surface area contributed by atoms with Crippen molar-refractivity contribution in [3.63, 3.8) is 0 Å². The molecular weight excluding hydrogens is 648 g/mol. The molecule has 0 aromatic heterocycles. The van der Waals surface area contributed by atoms with Crippen molar-refractivity contribution in [1.82, 2.24) is 0 Å². The van der Waals surface area contributed by atoms with Gasteiger partial charge in [0.05, 0.1) is 25.4 Å². The number of carbonyl (C=O) groups excluding carboxylic acids is 5. The van der Waals surface area contributed by atoms with Crippen LogP contribution in [0.5, 0.6) is 23.0 Å². The summed E-state index contributed by atoms with van der Waals surface area (Å²) in [6.45, 7) is 4.07. The van der Waals surface area contributed by atoms with Gasteiger partial charge in [0, 0.05) is 30.9 Å². The van der Waals surface area contributed by atoms with E-state index in [1.807, 2.05) is 0 Å². The number of aromatic hydroxyl groups is 2. The second-order valence-electron chi connectivity index (χ2n) is 12.3. The van der Waals surface area contributed by atoms with Crippen LogP contribution in [0, 0.1) is 12.8 Å². The summed E-state index contributed by atoms with van der Waals surface area (Å²) in [6, 6.07) is 3.68. The maximum absolute atomic E-state index is 13.6. The molecule has 4 aliphatic rings. The Morgan fingerprint density at radius 1 is 0.878 bits per heavy atom. The van der Waals surface area contributed by atoms with Crippen molar-refractivity contribution in [1.29, 1.82) is 0 Å². The number of esters is 3. The highest BCUT2D eigenvalue weighted by Crippen LogP contribution is 2.57. The Bertz CT molecular complexity index is 1950. The monoisotopic (exact) mass is 680 g/mol. The van der Waals surface area contributed by atoms with Gasteiger partial charge in [0.25, 0.3) is 11.2 Å². The number of rotatable bonds is 4. The van der Waals surface area contributed by atoms with Gasteiger partial charge in [0.15, 0.2) is 17.7 Å². The van der Waals surface area contributed by atoms with Crippen LogP contribution >= 0.6 is 0 Å². The highest BCUT2D eigenvalue weighted by molar-refractivity contribution is 6.14. The number of phenolic OH excluding ortho intramolecular Hbond substituents is 2. The first-order chi connectivity index (χ1) is 23.1. The third kappa shape index (κ3) is 4.34. The van der Waals surface area contributed by atoms with Crippen LogP contribution in [0.15, 0.2) is 29.3 Å². The molecule has 5 unspecified atom stereocenters. The van der Waals surface area contributed by atoms with Crippen LogP contribution in [0.1, 0.15) is 49.8 Å². The molecule has 0 spiro atoms. The smallest absolute Gasteiger partial charge is 0.359 e.